The molecule has 34 heavy (non-hydrogen) atoms. The molecular formula is C20H24FN7O5S. The van der Waals surface area contributed by atoms with Gasteiger partial charge >= 0.3 is 0 Å². The van der Waals surface area contributed by atoms with Gasteiger partial charge in [0.05, 0.1) is 42.5 Å². The molecule has 0 saturated heterocycles. The van der Waals surface area contributed by atoms with Crippen LogP contribution in [0.1, 0.15) is 25.7 Å². The number of hydrogen-bond donors (Lipinski definition) is 1. The molecule has 0 radical (unpaired) electrons. The zero-order valence-electron chi connectivity index (χ0n) is 18.8. The van der Waals surface area contributed by atoms with E-state index < -0.39 is 27.1 Å². The molecule has 0 bridgehead atoms. The van der Waals surface area contributed by atoms with Crippen molar-refractivity contribution in [1.82, 2.24) is 29.7 Å². The minimum Gasteiger partial charge on any atom is -0.485 e. The monoisotopic (exact) mass is 493 g/mol. The number of fused-ring (bicyclic) bond motifs is 3. The smallest absolute Gasteiger partial charge is 0.257 e. The number of aromatic nitrogens is 6. The van der Waals surface area contributed by atoms with E-state index in [1.54, 1.807) is 16.8 Å². The minimum absolute atomic E-state index is 0.00940. The Morgan fingerprint density at radius 1 is 1.29 bits per heavy atom. The third-order valence-electron chi connectivity index (χ3n) is 5.14. The number of sulfonamides is 1. The van der Waals surface area contributed by atoms with Gasteiger partial charge in [-0.1, -0.05) is 0 Å². The average molecular weight is 494 g/mol. The standard InChI is InChI=1S/C20H24FN7O5S/c1-4-32-19-17-15(5-6-22-19)18-25-26-20(28(18)14(10-31-3)11-33-17)27-34(29,30)12(2)7-16-23-8-13(21)9-24-16/h5-6,8-9,12,14H,4,7,10-11H2,1-3H3,(H,26,27)/t12-,14+/m0/s1. The van der Waals surface area contributed by atoms with E-state index in [1.807, 2.05) is 6.92 Å². The Balaban J connectivity index is 1.68. The van der Waals surface area contributed by atoms with E-state index in [4.69, 9.17) is 14.2 Å². The Kier molecular flexibility index (Phi) is 6.88. The highest BCUT2D eigenvalue weighted by Gasteiger charge is 2.32. The van der Waals surface area contributed by atoms with Gasteiger partial charge in [-0.25, -0.2) is 27.8 Å². The van der Waals surface area contributed by atoms with Crippen LogP contribution in [0.25, 0.3) is 11.4 Å². The van der Waals surface area contributed by atoms with Crippen LogP contribution >= 0.6 is 0 Å². The largest absolute Gasteiger partial charge is 0.485 e. The quantitative estimate of drug-likeness (QED) is 0.467. The maximum absolute atomic E-state index is 13.1. The van der Waals surface area contributed by atoms with Crippen LogP contribution in [0.4, 0.5) is 10.3 Å². The van der Waals surface area contributed by atoms with Crippen molar-refractivity contribution in [3.8, 4) is 23.0 Å². The Bertz CT molecular complexity index is 1250. The van der Waals surface area contributed by atoms with E-state index in [2.05, 4.69) is 29.9 Å². The summed E-state index contributed by atoms with van der Waals surface area (Å²) in [5.41, 5.74) is 0.558. The summed E-state index contributed by atoms with van der Waals surface area (Å²) >= 11 is 0. The second kappa shape index (κ2) is 9.85. The topological polar surface area (TPSA) is 143 Å². The molecule has 0 amide bonds. The highest BCUT2D eigenvalue weighted by atomic mass is 32.2. The number of rotatable bonds is 9. The summed E-state index contributed by atoms with van der Waals surface area (Å²) in [6, 6.07) is 1.26. The van der Waals surface area contributed by atoms with Crippen molar-refractivity contribution in [2.75, 3.05) is 31.7 Å². The molecule has 1 N–H and O–H groups in total. The molecule has 4 heterocycles. The highest BCUT2D eigenvalue weighted by molar-refractivity contribution is 7.93. The van der Waals surface area contributed by atoms with Crippen LogP contribution in [-0.2, 0) is 21.2 Å². The number of hydrogen-bond acceptors (Lipinski definition) is 10. The second-order valence-corrected chi connectivity index (χ2v) is 9.64. The molecule has 182 valence electrons. The molecule has 0 fully saturated rings. The van der Waals surface area contributed by atoms with Crippen molar-refractivity contribution < 1.29 is 27.0 Å². The molecule has 14 heteroatoms. The summed E-state index contributed by atoms with van der Waals surface area (Å²) in [7, 11) is -2.40. The predicted molar refractivity (Wildman–Crippen MR) is 119 cm³/mol. The molecule has 12 nitrogen and oxygen atoms in total. The molecule has 3 aromatic heterocycles. The lowest BCUT2D eigenvalue weighted by Crippen LogP contribution is -2.30. The van der Waals surface area contributed by atoms with Gasteiger partial charge in [0.15, 0.2) is 17.4 Å². The number of anilines is 1. The number of nitrogens with one attached hydrogen (secondary N) is 1. The zero-order chi connectivity index (χ0) is 24.3. The van der Waals surface area contributed by atoms with Gasteiger partial charge in [0.25, 0.3) is 5.88 Å². The number of methoxy groups -OCH3 is 1. The lowest BCUT2D eigenvalue weighted by molar-refractivity contribution is 0.124. The Hall–Kier alpha value is -3.39. The van der Waals surface area contributed by atoms with Crippen molar-refractivity contribution in [1.29, 1.82) is 0 Å². The lowest BCUT2D eigenvalue weighted by Gasteiger charge is -2.20. The fraction of sp³-hybridized carbons (Fsp3) is 0.450. The summed E-state index contributed by atoms with van der Waals surface area (Å²) in [6.45, 7) is 4.08. The van der Waals surface area contributed by atoms with E-state index >= 15 is 0 Å². The van der Waals surface area contributed by atoms with Crippen molar-refractivity contribution in [2.45, 2.75) is 31.6 Å². The zero-order valence-corrected chi connectivity index (χ0v) is 19.6. The maximum Gasteiger partial charge on any atom is 0.257 e. The van der Waals surface area contributed by atoms with E-state index in [1.165, 1.54) is 14.0 Å². The van der Waals surface area contributed by atoms with Gasteiger partial charge in [0, 0.05) is 19.7 Å². The first kappa shape index (κ1) is 23.8. The number of ether oxygens (including phenoxy) is 3. The Labute approximate surface area is 195 Å². The summed E-state index contributed by atoms with van der Waals surface area (Å²) in [5, 5.41) is 7.40. The molecule has 0 aliphatic carbocycles. The van der Waals surface area contributed by atoms with Crippen LogP contribution in [0.5, 0.6) is 11.6 Å². The first-order chi connectivity index (χ1) is 16.3. The highest BCUT2D eigenvalue weighted by Crippen LogP contribution is 2.40. The van der Waals surface area contributed by atoms with Gasteiger partial charge in [0.1, 0.15) is 12.4 Å². The summed E-state index contributed by atoms with van der Waals surface area (Å²) < 4.78 is 60.3. The second-order valence-electron chi connectivity index (χ2n) is 7.54. The van der Waals surface area contributed by atoms with Gasteiger partial charge in [-0.15, -0.1) is 10.2 Å². The van der Waals surface area contributed by atoms with E-state index in [0.29, 0.717) is 29.6 Å². The van der Waals surface area contributed by atoms with Crippen LogP contribution < -0.4 is 14.2 Å². The predicted octanol–water partition coefficient (Wildman–Crippen LogP) is 1.62. The fourth-order valence-corrected chi connectivity index (χ4v) is 4.45. The van der Waals surface area contributed by atoms with Crippen LogP contribution in [0.3, 0.4) is 0 Å². The third-order valence-corrected chi connectivity index (χ3v) is 6.83. The molecule has 0 aromatic carbocycles. The van der Waals surface area contributed by atoms with Crippen molar-refractivity contribution in [3.05, 3.63) is 36.3 Å². The number of halogens is 1. The number of pyridine rings is 1. The molecule has 1 aliphatic rings. The molecule has 0 unspecified atom stereocenters. The minimum atomic E-state index is -3.94. The molecule has 3 aromatic rings. The summed E-state index contributed by atoms with van der Waals surface area (Å²) in [6.07, 6.45) is 3.52. The molecule has 0 spiro atoms. The van der Waals surface area contributed by atoms with Crippen LogP contribution in [-0.4, -0.2) is 70.3 Å². The van der Waals surface area contributed by atoms with Crippen molar-refractivity contribution in [3.63, 3.8) is 0 Å². The maximum atomic E-state index is 13.1. The van der Waals surface area contributed by atoms with Gasteiger partial charge < -0.3 is 14.2 Å². The SMILES string of the molecule is CCOc1nccc2c1OC[C@@H](COC)n1c(NS(=O)(=O)[C@@H](C)Cc3ncc(F)cn3)nnc1-2. The molecule has 2 atom stereocenters. The first-order valence-electron chi connectivity index (χ1n) is 10.5. The van der Waals surface area contributed by atoms with E-state index in [0.717, 1.165) is 12.4 Å². The lowest BCUT2D eigenvalue weighted by atomic mass is 10.2. The Morgan fingerprint density at radius 3 is 2.76 bits per heavy atom. The van der Waals surface area contributed by atoms with E-state index in [-0.39, 0.29) is 31.4 Å². The summed E-state index contributed by atoms with van der Waals surface area (Å²) in [4.78, 5) is 11.9. The van der Waals surface area contributed by atoms with Gasteiger partial charge in [-0.05, 0) is 19.9 Å². The van der Waals surface area contributed by atoms with Crippen LogP contribution in [0, 0.1) is 5.82 Å². The van der Waals surface area contributed by atoms with Gasteiger partial charge in [-0.3, -0.25) is 9.29 Å². The Morgan fingerprint density at radius 2 is 2.06 bits per heavy atom. The molecule has 0 saturated carbocycles. The van der Waals surface area contributed by atoms with Crippen molar-refractivity contribution >= 4 is 16.0 Å². The number of nitrogens with zero attached hydrogens (tertiary/aromatic N) is 6. The fourth-order valence-electron chi connectivity index (χ4n) is 3.48. The molecule has 4 rings (SSSR count). The summed E-state index contributed by atoms with van der Waals surface area (Å²) in [5.74, 6) is 0.698. The van der Waals surface area contributed by atoms with Gasteiger partial charge in [0.2, 0.25) is 16.0 Å². The van der Waals surface area contributed by atoms with Crippen molar-refractivity contribution in [2.24, 2.45) is 0 Å². The van der Waals surface area contributed by atoms with Gasteiger partial charge in [-0.2, -0.15) is 0 Å². The van der Waals surface area contributed by atoms with Crippen LogP contribution in [0.15, 0.2) is 24.7 Å². The van der Waals surface area contributed by atoms with E-state index in [9.17, 15) is 12.8 Å². The average Bonchev–Trinajstić information content (AvgIpc) is 3.13. The molecule has 1 aliphatic heterocycles. The van der Waals surface area contributed by atoms with Crippen LogP contribution in [0.2, 0.25) is 0 Å². The normalized spacial score (nSPS) is 16.1. The third kappa shape index (κ3) is 4.77. The first-order valence-corrected chi connectivity index (χ1v) is 12.1. The molecular weight excluding hydrogens is 469 g/mol.